The molecule has 0 spiro atoms. The molecular formula is C19H20N4O2. The first-order valence-electron chi connectivity index (χ1n) is 8.51. The molecule has 6 heteroatoms. The predicted molar refractivity (Wildman–Crippen MR) is 93.9 cm³/mol. The fraction of sp³-hybridized carbons (Fsp3) is 0.316. The van der Waals surface area contributed by atoms with Crippen molar-refractivity contribution in [2.45, 2.75) is 19.1 Å². The summed E-state index contributed by atoms with van der Waals surface area (Å²) < 4.78 is 7.65. The van der Waals surface area contributed by atoms with Crippen LogP contribution < -0.4 is 0 Å². The molecule has 128 valence electrons. The van der Waals surface area contributed by atoms with Crippen molar-refractivity contribution in [3.63, 3.8) is 0 Å². The van der Waals surface area contributed by atoms with Gasteiger partial charge in [-0.25, -0.2) is 0 Å². The van der Waals surface area contributed by atoms with Crippen molar-refractivity contribution in [2.75, 3.05) is 19.7 Å². The van der Waals surface area contributed by atoms with Crippen LogP contribution in [0.2, 0.25) is 0 Å². The van der Waals surface area contributed by atoms with E-state index in [-0.39, 0.29) is 12.0 Å². The summed E-state index contributed by atoms with van der Waals surface area (Å²) in [6.45, 7) is 2.31. The van der Waals surface area contributed by atoms with Gasteiger partial charge < -0.3 is 9.64 Å². The molecule has 1 atom stereocenters. The number of carbonyl (C=O) groups excluding carboxylic acids is 1. The van der Waals surface area contributed by atoms with Gasteiger partial charge in [-0.3, -0.25) is 14.5 Å². The van der Waals surface area contributed by atoms with Crippen LogP contribution in [0.15, 0.2) is 55.0 Å². The Labute approximate surface area is 146 Å². The van der Waals surface area contributed by atoms with Crippen molar-refractivity contribution < 1.29 is 9.53 Å². The number of morpholine rings is 1. The summed E-state index contributed by atoms with van der Waals surface area (Å²) in [6, 6.07) is 12.0. The zero-order valence-corrected chi connectivity index (χ0v) is 13.9. The second-order valence-corrected chi connectivity index (χ2v) is 6.17. The van der Waals surface area contributed by atoms with Gasteiger partial charge in [-0.05, 0) is 17.5 Å². The molecule has 1 amide bonds. The van der Waals surface area contributed by atoms with Gasteiger partial charge >= 0.3 is 0 Å². The normalized spacial score (nSPS) is 17.8. The van der Waals surface area contributed by atoms with Gasteiger partial charge in [0, 0.05) is 43.5 Å². The van der Waals surface area contributed by atoms with Gasteiger partial charge in [-0.2, -0.15) is 5.10 Å². The summed E-state index contributed by atoms with van der Waals surface area (Å²) in [5, 5.41) is 6.38. The maximum Gasteiger partial charge on any atom is 0.224 e. The van der Waals surface area contributed by atoms with Crippen LogP contribution >= 0.6 is 0 Å². The van der Waals surface area contributed by atoms with Crippen LogP contribution in [0.5, 0.6) is 0 Å². The Morgan fingerprint density at radius 1 is 1.24 bits per heavy atom. The van der Waals surface area contributed by atoms with E-state index in [1.54, 1.807) is 10.9 Å². The Morgan fingerprint density at radius 3 is 2.96 bits per heavy atom. The number of fused-ring (bicyclic) bond motifs is 1. The molecule has 3 heterocycles. The topological polar surface area (TPSA) is 60.2 Å². The molecule has 4 rings (SSSR count). The number of aromatic nitrogens is 3. The average molecular weight is 336 g/mol. The third-order valence-electron chi connectivity index (χ3n) is 4.52. The Balaban J connectivity index is 1.43. The average Bonchev–Trinajstić information content (AvgIpc) is 3.19. The molecule has 1 aliphatic heterocycles. The van der Waals surface area contributed by atoms with Crippen molar-refractivity contribution >= 4 is 16.7 Å². The quantitative estimate of drug-likeness (QED) is 0.734. The number of ether oxygens (including phenoxy) is 1. The number of hydrogen-bond donors (Lipinski definition) is 0. The minimum absolute atomic E-state index is 0.129. The lowest BCUT2D eigenvalue weighted by atomic mass is 10.1. The van der Waals surface area contributed by atoms with Crippen molar-refractivity contribution in [2.24, 2.45) is 0 Å². The van der Waals surface area contributed by atoms with Crippen LogP contribution in [0.4, 0.5) is 0 Å². The number of carbonyl (C=O) groups is 1. The lowest BCUT2D eigenvalue weighted by molar-refractivity contribution is -0.139. The van der Waals surface area contributed by atoms with Crippen LogP contribution in [0.3, 0.4) is 0 Å². The molecule has 1 aliphatic rings. The number of nitrogens with zero attached hydrogens (tertiary/aromatic N) is 4. The smallest absolute Gasteiger partial charge is 0.224 e. The first-order chi connectivity index (χ1) is 12.3. The Bertz CT molecular complexity index is 863. The predicted octanol–water partition coefficient (Wildman–Crippen LogP) is 2.42. The second kappa shape index (κ2) is 7.03. The number of amides is 1. The molecule has 0 saturated carbocycles. The van der Waals surface area contributed by atoms with Crippen molar-refractivity contribution in [3.05, 3.63) is 60.7 Å². The van der Waals surface area contributed by atoms with E-state index in [1.165, 1.54) is 0 Å². The first kappa shape index (κ1) is 15.8. The summed E-state index contributed by atoms with van der Waals surface area (Å²) in [5.41, 5.74) is 0.878. The second-order valence-electron chi connectivity index (χ2n) is 6.17. The van der Waals surface area contributed by atoms with Crippen molar-refractivity contribution in [1.82, 2.24) is 19.7 Å². The minimum Gasteiger partial charge on any atom is -0.368 e. The number of aryl methyl sites for hydroxylation is 1. The maximum atomic E-state index is 12.5. The van der Waals surface area contributed by atoms with E-state index >= 15 is 0 Å². The highest BCUT2D eigenvalue weighted by atomic mass is 16.5. The van der Waals surface area contributed by atoms with Gasteiger partial charge in [0.15, 0.2) is 0 Å². The van der Waals surface area contributed by atoms with E-state index in [0.29, 0.717) is 32.7 Å². The van der Waals surface area contributed by atoms with E-state index in [4.69, 9.17) is 4.74 Å². The van der Waals surface area contributed by atoms with Crippen molar-refractivity contribution in [1.29, 1.82) is 0 Å². The molecule has 0 bridgehead atoms. The molecule has 0 aliphatic carbocycles. The highest BCUT2D eigenvalue weighted by molar-refractivity contribution is 5.82. The van der Waals surface area contributed by atoms with E-state index < -0.39 is 0 Å². The molecule has 6 nitrogen and oxygen atoms in total. The molecule has 2 aromatic heterocycles. The highest BCUT2D eigenvalue weighted by Gasteiger charge is 2.26. The van der Waals surface area contributed by atoms with Gasteiger partial charge in [0.05, 0.1) is 18.8 Å². The molecule has 1 saturated heterocycles. The number of pyridine rings is 1. The molecule has 0 radical (unpaired) electrons. The van der Waals surface area contributed by atoms with E-state index in [9.17, 15) is 4.79 Å². The summed E-state index contributed by atoms with van der Waals surface area (Å²) in [7, 11) is 0. The fourth-order valence-corrected chi connectivity index (χ4v) is 3.13. The molecule has 0 N–H and O–H groups in total. The summed E-state index contributed by atoms with van der Waals surface area (Å²) in [5.74, 6) is 0.129. The lowest BCUT2D eigenvalue weighted by Gasteiger charge is -2.32. The first-order valence-corrected chi connectivity index (χ1v) is 8.51. The molecule has 25 heavy (non-hydrogen) atoms. The van der Waals surface area contributed by atoms with E-state index in [1.807, 2.05) is 41.6 Å². The third kappa shape index (κ3) is 3.53. The standard InChI is InChI=1S/C19H20N4O2/c24-19(6-9-23-8-3-7-21-23)22-10-11-25-18(14-22)17-12-15-4-1-2-5-16(15)13-20-17/h1-5,7-8,12-13,18H,6,9-11,14H2. The summed E-state index contributed by atoms with van der Waals surface area (Å²) in [6.07, 6.45) is 5.73. The molecular weight excluding hydrogens is 316 g/mol. The zero-order chi connectivity index (χ0) is 17.1. The number of benzene rings is 1. The SMILES string of the molecule is O=C(CCn1cccn1)N1CCOC(c2cc3ccccc3cn2)C1. The summed E-state index contributed by atoms with van der Waals surface area (Å²) >= 11 is 0. The monoisotopic (exact) mass is 336 g/mol. The summed E-state index contributed by atoms with van der Waals surface area (Å²) in [4.78, 5) is 18.9. The van der Waals surface area contributed by atoms with Crippen LogP contribution in [0.1, 0.15) is 18.2 Å². The van der Waals surface area contributed by atoms with Gasteiger partial charge in [0.25, 0.3) is 0 Å². The zero-order valence-electron chi connectivity index (χ0n) is 13.9. The minimum atomic E-state index is -0.174. The fourth-order valence-electron chi connectivity index (χ4n) is 3.13. The Morgan fingerprint density at radius 2 is 2.12 bits per heavy atom. The maximum absolute atomic E-state index is 12.5. The molecule has 1 fully saturated rings. The van der Waals surface area contributed by atoms with Gasteiger partial charge in [0.1, 0.15) is 6.10 Å². The van der Waals surface area contributed by atoms with Gasteiger partial charge in [-0.1, -0.05) is 24.3 Å². The van der Waals surface area contributed by atoms with Crippen molar-refractivity contribution in [3.8, 4) is 0 Å². The lowest BCUT2D eigenvalue weighted by Crippen LogP contribution is -2.42. The molecule has 3 aromatic rings. The van der Waals surface area contributed by atoms with Gasteiger partial charge in [0.2, 0.25) is 5.91 Å². The molecule has 1 unspecified atom stereocenters. The Kier molecular flexibility index (Phi) is 4.43. The van der Waals surface area contributed by atoms with Crippen LogP contribution in [0, 0.1) is 0 Å². The highest BCUT2D eigenvalue weighted by Crippen LogP contribution is 2.24. The van der Waals surface area contributed by atoms with Crippen LogP contribution in [0.25, 0.3) is 10.8 Å². The van der Waals surface area contributed by atoms with Crippen LogP contribution in [-0.4, -0.2) is 45.3 Å². The third-order valence-corrected chi connectivity index (χ3v) is 4.52. The van der Waals surface area contributed by atoms with E-state index in [0.717, 1.165) is 16.5 Å². The number of hydrogen-bond acceptors (Lipinski definition) is 4. The largest absolute Gasteiger partial charge is 0.368 e. The van der Waals surface area contributed by atoms with Crippen LogP contribution in [-0.2, 0) is 16.1 Å². The van der Waals surface area contributed by atoms with E-state index in [2.05, 4.69) is 22.2 Å². The Hall–Kier alpha value is -2.73. The molecule has 1 aromatic carbocycles. The number of rotatable bonds is 4. The van der Waals surface area contributed by atoms with Gasteiger partial charge in [-0.15, -0.1) is 0 Å².